The van der Waals surface area contributed by atoms with Gasteiger partial charge in [-0.1, -0.05) is 121 Å². The Morgan fingerprint density at radius 3 is 1.42 bits per heavy atom. The van der Waals surface area contributed by atoms with Gasteiger partial charge in [-0.25, -0.2) is 24.9 Å². The fourth-order valence-corrected chi connectivity index (χ4v) is 8.92. The van der Waals surface area contributed by atoms with Crippen LogP contribution in [0.5, 0.6) is 0 Å². The third-order valence-electron chi connectivity index (χ3n) is 12.1. The van der Waals surface area contributed by atoms with E-state index in [0.29, 0.717) is 29.3 Å². The zero-order chi connectivity index (χ0) is 42.8. The van der Waals surface area contributed by atoms with E-state index in [-0.39, 0.29) is 0 Å². The third-order valence-corrected chi connectivity index (χ3v) is 12.1. The van der Waals surface area contributed by atoms with Gasteiger partial charge in [0.1, 0.15) is 11.0 Å². The maximum Gasteiger partial charge on any atom is 0.227 e. The van der Waals surface area contributed by atoms with E-state index in [1.54, 1.807) is 0 Å². The van der Waals surface area contributed by atoms with E-state index in [1.165, 1.54) is 27.3 Å². The second kappa shape index (κ2) is 14.8. The molecule has 13 aromatic rings. The molecule has 8 nitrogen and oxygen atoms in total. The molecule has 8 heteroatoms. The molecule has 0 aliphatic rings. The quantitative estimate of drug-likeness (QED) is 0.158. The molecular weight excluding hydrogens is 801 g/mol. The summed E-state index contributed by atoms with van der Waals surface area (Å²) in [5.74, 6) is 2.76. The van der Waals surface area contributed by atoms with E-state index >= 15 is 0 Å². The van der Waals surface area contributed by atoms with E-state index in [0.717, 1.165) is 72.1 Å². The monoisotopic (exact) mass is 834 g/mol. The molecule has 0 aliphatic heterocycles. The van der Waals surface area contributed by atoms with E-state index < -0.39 is 0 Å². The van der Waals surface area contributed by atoms with Crippen LogP contribution in [0.25, 0.3) is 129 Å². The Bertz CT molecular complexity index is 3720. The normalized spacial score (nSPS) is 11.7. The number of rotatable bonds is 7. The Kier molecular flexibility index (Phi) is 8.35. The predicted octanol–water partition coefficient (Wildman–Crippen LogP) is 14.4. The number of benzene rings is 9. The summed E-state index contributed by atoms with van der Waals surface area (Å²) in [5.41, 5.74) is 13.0. The van der Waals surface area contributed by atoms with Crippen LogP contribution in [0.3, 0.4) is 0 Å². The van der Waals surface area contributed by atoms with Crippen LogP contribution in [0.1, 0.15) is 0 Å². The van der Waals surface area contributed by atoms with Crippen molar-refractivity contribution >= 4 is 54.8 Å². The Balaban J connectivity index is 0.958. The highest BCUT2D eigenvalue weighted by atomic mass is 16.4. The van der Waals surface area contributed by atoms with Gasteiger partial charge in [0.2, 0.25) is 11.8 Å². The van der Waals surface area contributed by atoms with Crippen molar-refractivity contribution in [2.24, 2.45) is 0 Å². The van der Waals surface area contributed by atoms with E-state index in [9.17, 15) is 0 Å². The van der Waals surface area contributed by atoms with Crippen LogP contribution in [-0.2, 0) is 0 Å². The lowest BCUT2D eigenvalue weighted by Crippen LogP contribution is -2.00. The molecule has 0 unspecified atom stereocenters. The molecule has 65 heavy (non-hydrogen) atoms. The SMILES string of the molecule is c1ccc(-c2ccc(-n3c4ccc(-c5nc(-c6ccc(-c7nc8ccccc8o7)cc6)nc(-c6ccc(-c7nc8ccccc8o7)cc6)n5)cc4c4c5ccccc5ccc43)cc2)cc1. The minimum Gasteiger partial charge on any atom is -0.436 e. The Hall–Kier alpha value is -9.01. The lowest BCUT2D eigenvalue weighted by Gasteiger charge is -2.11. The van der Waals surface area contributed by atoms with E-state index in [2.05, 4.69) is 108 Å². The van der Waals surface area contributed by atoms with Crippen LogP contribution < -0.4 is 0 Å². The van der Waals surface area contributed by atoms with Gasteiger partial charge >= 0.3 is 0 Å². The molecule has 0 bridgehead atoms. The van der Waals surface area contributed by atoms with Crippen molar-refractivity contribution in [2.75, 3.05) is 0 Å². The number of hydrogen-bond donors (Lipinski definition) is 0. The zero-order valence-corrected chi connectivity index (χ0v) is 34.6. The third kappa shape index (κ3) is 6.35. The van der Waals surface area contributed by atoms with Crippen molar-refractivity contribution in [3.05, 3.63) is 206 Å². The van der Waals surface area contributed by atoms with Crippen molar-refractivity contribution in [1.82, 2.24) is 29.5 Å². The Labute approximate surface area is 371 Å². The number of para-hydroxylation sites is 4. The van der Waals surface area contributed by atoms with Gasteiger partial charge < -0.3 is 13.4 Å². The van der Waals surface area contributed by atoms with Gasteiger partial charge in [0, 0.05) is 44.3 Å². The maximum atomic E-state index is 6.09. The molecular formula is C57H34N6O2. The lowest BCUT2D eigenvalue weighted by molar-refractivity contribution is 0.619. The second-order valence-corrected chi connectivity index (χ2v) is 16.1. The Morgan fingerprint density at radius 2 is 0.800 bits per heavy atom. The van der Waals surface area contributed by atoms with Crippen LogP contribution in [0.2, 0.25) is 0 Å². The number of oxazole rings is 2. The fraction of sp³-hybridized carbons (Fsp3) is 0. The minimum absolute atomic E-state index is 0.545. The summed E-state index contributed by atoms with van der Waals surface area (Å²) in [6.45, 7) is 0. The first-order valence-corrected chi connectivity index (χ1v) is 21.5. The fourth-order valence-electron chi connectivity index (χ4n) is 8.92. The van der Waals surface area contributed by atoms with Gasteiger partial charge in [-0.05, 0) is 107 Å². The van der Waals surface area contributed by atoms with Gasteiger partial charge in [0.15, 0.2) is 28.6 Å². The summed E-state index contributed by atoms with van der Waals surface area (Å²) in [6.07, 6.45) is 0. The first-order valence-electron chi connectivity index (χ1n) is 21.5. The van der Waals surface area contributed by atoms with Crippen LogP contribution in [0.15, 0.2) is 215 Å². The second-order valence-electron chi connectivity index (χ2n) is 16.1. The van der Waals surface area contributed by atoms with Crippen molar-refractivity contribution in [1.29, 1.82) is 0 Å². The number of fused-ring (bicyclic) bond motifs is 7. The highest BCUT2D eigenvalue weighted by Gasteiger charge is 2.19. The average Bonchev–Trinajstić information content (AvgIpc) is 4.11. The first-order chi connectivity index (χ1) is 32.2. The minimum atomic E-state index is 0.545. The molecule has 4 aromatic heterocycles. The van der Waals surface area contributed by atoms with Gasteiger partial charge in [-0.2, -0.15) is 0 Å². The van der Waals surface area contributed by atoms with Gasteiger partial charge in [-0.3, -0.25) is 0 Å². The molecule has 0 amide bonds. The topological polar surface area (TPSA) is 95.7 Å². The average molecular weight is 835 g/mol. The standard InChI is InChI=1S/C57H34N6O2/c1-2-10-35(11-3-1)36-26-30-43(31-27-36)63-48-32-29-42(34-45(48)52-44-13-5-4-12-37(44)28-33-49(52)63)55-61-53(38-18-22-40(23-19-38)56-58-46-14-6-8-16-50(46)64-56)60-54(62-55)39-20-24-41(25-21-39)57-59-47-15-7-9-17-51(47)65-57/h1-34H. The molecule has 0 saturated carbocycles. The smallest absolute Gasteiger partial charge is 0.227 e. The van der Waals surface area contributed by atoms with Gasteiger partial charge in [0.25, 0.3) is 0 Å². The lowest BCUT2D eigenvalue weighted by atomic mass is 10.0. The summed E-state index contributed by atoms with van der Waals surface area (Å²) in [4.78, 5) is 24.9. The summed E-state index contributed by atoms with van der Waals surface area (Å²) >= 11 is 0. The summed E-state index contributed by atoms with van der Waals surface area (Å²) in [7, 11) is 0. The molecule has 13 rings (SSSR count). The number of hydrogen-bond acceptors (Lipinski definition) is 7. The van der Waals surface area contributed by atoms with Crippen molar-refractivity contribution in [3.8, 4) is 73.9 Å². The molecule has 0 spiro atoms. The molecule has 0 saturated heterocycles. The number of aromatic nitrogens is 6. The van der Waals surface area contributed by atoms with E-state index in [4.69, 9.17) is 33.8 Å². The van der Waals surface area contributed by atoms with Crippen molar-refractivity contribution in [3.63, 3.8) is 0 Å². The highest BCUT2D eigenvalue weighted by molar-refractivity contribution is 6.21. The molecule has 0 atom stereocenters. The molecule has 0 N–H and O–H groups in total. The molecule has 0 aliphatic carbocycles. The van der Waals surface area contributed by atoms with E-state index in [1.807, 2.05) is 103 Å². The van der Waals surface area contributed by atoms with Crippen LogP contribution in [0, 0.1) is 0 Å². The molecule has 4 heterocycles. The summed E-state index contributed by atoms with van der Waals surface area (Å²) in [6, 6.07) is 70.5. The van der Waals surface area contributed by atoms with Crippen LogP contribution >= 0.6 is 0 Å². The zero-order valence-electron chi connectivity index (χ0n) is 34.6. The highest BCUT2D eigenvalue weighted by Crippen LogP contribution is 2.39. The van der Waals surface area contributed by atoms with Crippen LogP contribution in [-0.4, -0.2) is 29.5 Å². The van der Waals surface area contributed by atoms with Crippen molar-refractivity contribution < 1.29 is 8.83 Å². The molecule has 9 aromatic carbocycles. The Morgan fingerprint density at radius 1 is 0.323 bits per heavy atom. The molecule has 304 valence electrons. The summed E-state index contributed by atoms with van der Waals surface area (Å²) in [5, 5.41) is 4.64. The predicted molar refractivity (Wildman–Crippen MR) is 259 cm³/mol. The molecule has 0 radical (unpaired) electrons. The largest absolute Gasteiger partial charge is 0.436 e. The summed E-state index contributed by atoms with van der Waals surface area (Å²) < 4.78 is 14.5. The van der Waals surface area contributed by atoms with Crippen LogP contribution in [0.4, 0.5) is 0 Å². The number of nitrogens with zero attached hydrogens (tertiary/aromatic N) is 6. The molecule has 0 fully saturated rings. The van der Waals surface area contributed by atoms with Gasteiger partial charge in [0.05, 0.1) is 11.0 Å². The first kappa shape index (κ1) is 36.6. The van der Waals surface area contributed by atoms with Gasteiger partial charge in [-0.15, -0.1) is 0 Å². The maximum absolute atomic E-state index is 6.09. The van der Waals surface area contributed by atoms with Crippen molar-refractivity contribution in [2.45, 2.75) is 0 Å².